The van der Waals surface area contributed by atoms with Gasteiger partial charge < -0.3 is 19.3 Å². The second kappa shape index (κ2) is 6.04. The minimum atomic E-state index is -0.284. The Morgan fingerprint density at radius 1 is 1.07 bits per heavy atom. The summed E-state index contributed by atoms with van der Waals surface area (Å²) < 4.78 is 18.1. The second-order valence-electron chi connectivity index (χ2n) is 10.0. The fraction of sp³-hybridized carbons (Fsp3) is 0.739. The molecule has 0 radical (unpaired) electrons. The van der Waals surface area contributed by atoms with E-state index >= 15 is 0 Å². The molecule has 0 spiro atoms. The summed E-state index contributed by atoms with van der Waals surface area (Å²) in [6.07, 6.45) is 5.92. The van der Waals surface area contributed by atoms with E-state index in [0.29, 0.717) is 17.1 Å². The molecule has 27 heavy (non-hydrogen) atoms. The molecular formula is C23H34O4. The van der Waals surface area contributed by atoms with Gasteiger partial charge in [0, 0.05) is 24.7 Å². The Hall–Kier alpha value is -1.42. The van der Waals surface area contributed by atoms with Crippen molar-refractivity contribution in [1.82, 2.24) is 0 Å². The van der Waals surface area contributed by atoms with Gasteiger partial charge in [-0.1, -0.05) is 27.2 Å². The molecule has 1 heterocycles. The number of rotatable bonds is 2. The molecule has 1 aliphatic heterocycles. The van der Waals surface area contributed by atoms with Gasteiger partial charge in [-0.25, -0.2) is 0 Å². The summed E-state index contributed by atoms with van der Waals surface area (Å²) in [7, 11) is 3.39. The highest BCUT2D eigenvalue weighted by atomic mass is 16.5. The van der Waals surface area contributed by atoms with E-state index in [4.69, 9.17) is 14.2 Å². The first-order valence-corrected chi connectivity index (χ1v) is 10.3. The van der Waals surface area contributed by atoms with Crippen LogP contribution in [0.3, 0.4) is 0 Å². The lowest BCUT2D eigenvalue weighted by Crippen LogP contribution is -2.62. The van der Waals surface area contributed by atoms with E-state index in [0.717, 1.165) is 17.7 Å². The highest BCUT2D eigenvalue weighted by Gasteiger charge is 2.63. The predicted molar refractivity (Wildman–Crippen MR) is 105 cm³/mol. The molecule has 3 aliphatic rings. The topological polar surface area (TPSA) is 47.9 Å². The van der Waals surface area contributed by atoms with Gasteiger partial charge in [-0.05, 0) is 55.4 Å². The van der Waals surface area contributed by atoms with Crippen LogP contribution in [0.2, 0.25) is 0 Å². The first-order chi connectivity index (χ1) is 12.7. The summed E-state index contributed by atoms with van der Waals surface area (Å²) in [4.78, 5) is 0. The minimum absolute atomic E-state index is 0.0602. The van der Waals surface area contributed by atoms with Crippen LogP contribution >= 0.6 is 0 Å². The van der Waals surface area contributed by atoms with Gasteiger partial charge in [0.25, 0.3) is 0 Å². The van der Waals surface area contributed by atoms with Crippen molar-refractivity contribution in [3.8, 4) is 17.2 Å². The van der Waals surface area contributed by atoms with E-state index in [-0.39, 0.29) is 28.8 Å². The van der Waals surface area contributed by atoms with Crippen LogP contribution in [-0.4, -0.2) is 24.9 Å². The molecule has 150 valence electrons. The van der Waals surface area contributed by atoms with Crippen molar-refractivity contribution < 1.29 is 19.3 Å². The van der Waals surface area contributed by atoms with Crippen LogP contribution in [0.25, 0.3) is 0 Å². The summed E-state index contributed by atoms with van der Waals surface area (Å²) in [6.45, 7) is 9.60. The molecule has 4 heteroatoms. The molecule has 4 nitrogen and oxygen atoms in total. The Bertz CT molecular complexity index is 742. The number of methoxy groups -OCH3 is 2. The van der Waals surface area contributed by atoms with Gasteiger partial charge in [-0.3, -0.25) is 0 Å². The van der Waals surface area contributed by atoms with Crippen molar-refractivity contribution in [3.05, 3.63) is 17.7 Å². The Morgan fingerprint density at radius 2 is 1.81 bits per heavy atom. The summed E-state index contributed by atoms with van der Waals surface area (Å²) >= 11 is 0. The first-order valence-electron chi connectivity index (χ1n) is 10.3. The van der Waals surface area contributed by atoms with Gasteiger partial charge in [-0.15, -0.1) is 0 Å². The monoisotopic (exact) mass is 374 g/mol. The summed E-state index contributed by atoms with van der Waals surface area (Å²) in [6, 6.07) is 3.60. The van der Waals surface area contributed by atoms with Crippen LogP contribution in [0.15, 0.2) is 12.1 Å². The maximum atomic E-state index is 10.3. The van der Waals surface area contributed by atoms with Crippen molar-refractivity contribution in [1.29, 1.82) is 0 Å². The number of aromatic hydroxyl groups is 1. The number of ether oxygens (including phenoxy) is 3. The van der Waals surface area contributed by atoms with E-state index in [1.807, 2.05) is 6.07 Å². The molecular weight excluding hydrogens is 340 g/mol. The third-order valence-corrected chi connectivity index (χ3v) is 8.09. The molecule has 0 amide bonds. The molecule has 1 aromatic carbocycles. The molecule has 0 aromatic heterocycles. The van der Waals surface area contributed by atoms with Gasteiger partial charge >= 0.3 is 0 Å². The summed E-state index contributed by atoms with van der Waals surface area (Å²) in [5.41, 5.74) is 1.23. The number of phenolic OH excluding ortho intramolecular Hbond substituents is 1. The Balaban J connectivity index is 1.86. The molecule has 1 aromatic rings. The number of phenols is 1. The van der Waals surface area contributed by atoms with E-state index in [1.54, 1.807) is 20.3 Å². The van der Waals surface area contributed by atoms with Crippen LogP contribution in [-0.2, 0) is 4.74 Å². The zero-order valence-electron chi connectivity index (χ0n) is 17.6. The van der Waals surface area contributed by atoms with Gasteiger partial charge in [0.2, 0.25) is 0 Å². The van der Waals surface area contributed by atoms with Crippen LogP contribution in [0.4, 0.5) is 0 Å². The maximum Gasteiger partial charge on any atom is 0.161 e. The van der Waals surface area contributed by atoms with Crippen molar-refractivity contribution in [2.75, 3.05) is 14.2 Å². The van der Waals surface area contributed by atoms with Crippen LogP contribution in [0.5, 0.6) is 17.2 Å². The third kappa shape index (κ3) is 2.59. The average molecular weight is 375 g/mol. The fourth-order valence-corrected chi connectivity index (χ4v) is 7.06. The third-order valence-electron chi connectivity index (χ3n) is 8.09. The highest BCUT2D eigenvalue weighted by molar-refractivity contribution is 5.52. The zero-order chi connectivity index (χ0) is 19.6. The van der Waals surface area contributed by atoms with E-state index in [1.165, 1.54) is 25.7 Å². The van der Waals surface area contributed by atoms with E-state index < -0.39 is 0 Å². The largest absolute Gasteiger partial charge is 0.504 e. The van der Waals surface area contributed by atoms with E-state index in [9.17, 15) is 5.11 Å². The maximum absolute atomic E-state index is 10.3. The van der Waals surface area contributed by atoms with Crippen LogP contribution in [0, 0.1) is 22.7 Å². The number of fused-ring (bicyclic) bond motifs is 4. The zero-order valence-corrected chi connectivity index (χ0v) is 17.6. The molecule has 0 bridgehead atoms. The molecule has 1 unspecified atom stereocenters. The smallest absolute Gasteiger partial charge is 0.161 e. The second-order valence-corrected chi connectivity index (χ2v) is 10.0. The predicted octanol–water partition coefficient (Wildman–Crippen LogP) is 5.48. The number of hydrogen-bond acceptors (Lipinski definition) is 4. The molecule has 4 rings (SSSR count). The fourth-order valence-electron chi connectivity index (χ4n) is 7.06. The van der Waals surface area contributed by atoms with Crippen molar-refractivity contribution in [2.24, 2.45) is 22.7 Å². The van der Waals surface area contributed by atoms with Gasteiger partial charge in [0.15, 0.2) is 11.5 Å². The Morgan fingerprint density at radius 3 is 2.48 bits per heavy atom. The highest BCUT2D eigenvalue weighted by Crippen LogP contribution is 2.67. The molecule has 5 atom stereocenters. The quantitative estimate of drug-likeness (QED) is 0.744. The number of hydrogen-bond donors (Lipinski definition) is 1. The van der Waals surface area contributed by atoms with Gasteiger partial charge in [0.05, 0.1) is 13.2 Å². The van der Waals surface area contributed by atoms with Gasteiger partial charge in [-0.2, -0.15) is 0 Å². The van der Waals surface area contributed by atoms with Crippen molar-refractivity contribution in [2.45, 2.75) is 71.5 Å². The van der Waals surface area contributed by atoms with Crippen molar-refractivity contribution >= 4 is 0 Å². The number of benzene rings is 1. The minimum Gasteiger partial charge on any atom is -0.504 e. The first kappa shape index (κ1) is 18.9. The lowest BCUT2D eigenvalue weighted by Gasteiger charge is -2.64. The lowest BCUT2D eigenvalue weighted by molar-refractivity contribution is -0.207. The van der Waals surface area contributed by atoms with Gasteiger partial charge in [0.1, 0.15) is 11.4 Å². The normalized spacial score (nSPS) is 39.6. The Labute approximate surface area is 163 Å². The standard InChI is InChI=1S/C23H34O4/c1-21(2)9-7-10-22(3)18(21)8-11-23(4)20(22)19(26-6)14-12-17(25-5)15(24)13-16(14)27-23/h12-13,18-20,24H,7-11H2,1-6H3/t18-,19?,20+,22-,23-/m0/s1. The molecule has 2 fully saturated rings. The van der Waals surface area contributed by atoms with Crippen molar-refractivity contribution in [3.63, 3.8) is 0 Å². The Kier molecular flexibility index (Phi) is 4.23. The van der Waals surface area contributed by atoms with E-state index in [2.05, 4.69) is 27.7 Å². The lowest BCUT2D eigenvalue weighted by atomic mass is 9.44. The van der Waals surface area contributed by atoms with Crippen LogP contribution in [0.1, 0.15) is 71.5 Å². The average Bonchev–Trinajstić information content (AvgIpc) is 2.58. The summed E-state index contributed by atoms with van der Waals surface area (Å²) in [5, 5.41) is 10.3. The molecule has 1 N–H and O–H groups in total. The molecule has 0 saturated heterocycles. The molecule has 2 aliphatic carbocycles. The SMILES string of the molecule is COc1cc2c(cc1O)O[C@@]1(C)CC[C@H]3C(C)(C)CCC[C@]3(C)[C@H]1C2OC. The molecule has 2 saturated carbocycles. The summed E-state index contributed by atoms with van der Waals surface area (Å²) in [5.74, 6) is 2.26. The van der Waals surface area contributed by atoms with Crippen LogP contribution < -0.4 is 9.47 Å².